The highest BCUT2D eigenvalue weighted by Gasteiger charge is 2.06. The minimum atomic E-state index is -0.435. The number of carbonyl (C=O) groups is 2. The molecule has 1 heterocycles. The molecule has 0 aliphatic heterocycles. The molecule has 22 heavy (non-hydrogen) atoms. The molecule has 0 unspecified atom stereocenters. The summed E-state index contributed by atoms with van der Waals surface area (Å²) in [5, 5.41) is 3.87. The number of hydrogen-bond acceptors (Lipinski definition) is 5. The third-order valence-electron chi connectivity index (χ3n) is 2.77. The number of nitrogens with zero attached hydrogens (tertiary/aromatic N) is 3. The molecule has 0 aliphatic carbocycles. The number of carbonyl (C=O) groups excluding carboxylic acids is 2. The Morgan fingerprint density at radius 1 is 1.18 bits per heavy atom. The maximum atomic E-state index is 11.5. The van der Waals surface area contributed by atoms with Crippen LogP contribution in [0, 0.1) is 6.92 Å². The second kappa shape index (κ2) is 7.77. The second-order valence-electron chi connectivity index (χ2n) is 4.61. The van der Waals surface area contributed by atoms with Crippen LogP contribution in [0.3, 0.4) is 0 Å². The van der Waals surface area contributed by atoms with Crippen molar-refractivity contribution in [2.75, 3.05) is 6.61 Å². The Balaban J connectivity index is 1.62. The van der Waals surface area contributed by atoms with Crippen LogP contribution in [0.2, 0.25) is 0 Å². The molecular formula is C14H17N5O3. The fraction of sp³-hybridized carbons (Fsp3) is 0.286. The Labute approximate surface area is 127 Å². The minimum Gasteiger partial charge on any atom is -0.484 e. The lowest BCUT2D eigenvalue weighted by Crippen LogP contribution is -2.44. The highest BCUT2D eigenvalue weighted by Crippen LogP contribution is 2.10. The average molecular weight is 303 g/mol. The average Bonchev–Trinajstić information content (AvgIpc) is 3.04. The number of hydrazine groups is 1. The summed E-state index contributed by atoms with van der Waals surface area (Å²) >= 11 is 0. The lowest BCUT2D eigenvalue weighted by atomic mass is 10.2. The van der Waals surface area contributed by atoms with Gasteiger partial charge in [-0.25, -0.2) is 4.98 Å². The van der Waals surface area contributed by atoms with Gasteiger partial charge in [0.15, 0.2) is 6.61 Å². The van der Waals surface area contributed by atoms with E-state index in [0.717, 1.165) is 5.56 Å². The van der Waals surface area contributed by atoms with Gasteiger partial charge in [-0.05, 0) is 19.1 Å². The molecule has 0 bridgehead atoms. The molecule has 2 amide bonds. The van der Waals surface area contributed by atoms with Crippen LogP contribution in [0.5, 0.6) is 5.75 Å². The monoisotopic (exact) mass is 303 g/mol. The molecule has 116 valence electrons. The summed E-state index contributed by atoms with van der Waals surface area (Å²) in [5.74, 6) is -0.160. The van der Waals surface area contributed by atoms with Crippen LogP contribution >= 0.6 is 0 Å². The van der Waals surface area contributed by atoms with Gasteiger partial charge in [-0.2, -0.15) is 5.10 Å². The van der Waals surface area contributed by atoms with Gasteiger partial charge in [-0.3, -0.25) is 25.1 Å². The first-order chi connectivity index (χ1) is 10.6. The predicted octanol–water partition coefficient (Wildman–Crippen LogP) is 0.203. The van der Waals surface area contributed by atoms with Crippen molar-refractivity contribution in [3.63, 3.8) is 0 Å². The van der Waals surface area contributed by atoms with Gasteiger partial charge in [0.05, 0.1) is 6.54 Å². The minimum absolute atomic E-state index is 0.174. The van der Waals surface area contributed by atoms with Crippen LogP contribution in [0.1, 0.15) is 12.0 Å². The first kappa shape index (κ1) is 15.5. The van der Waals surface area contributed by atoms with Gasteiger partial charge in [0.1, 0.15) is 18.4 Å². The van der Waals surface area contributed by atoms with Gasteiger partial charge in [0, 0.05) is 6.42 Å². The highest BCUT2D eigenvalue weighted by molar-refractivity contribution is 5.82. The maximum absolute atomic E-state index is 11.5. The summed E-state index contributed by atoms with van der Waals surface area (Å²) in [6.07, 6.45) is 3.09. The summed E-state index contributed by atoms with van der Waals surface area (Å²) in [5.41, 5.74) is 5.70. The van der Waals surface area contributed by atoms with Crippen molar-refractivity contribution >= 4 is 11.8 Å². The Kier molecular flexibility index (Phi) is 5.47. The van der Waals surface area contributed by atoms with Crippen molar-refractivity contribution in [3.05, 3.63) is 42.5 Å². The van der Waals surface area contributed by atoms with Crippen molar-refractivity contribution in [2.24, 2.45) is 0 Å². The molecule has 0 saturated heterocycles. The molecular weight excluding hydrogens is 286 g/mol. The predicted molar refractivity (Wildman–Crippen MR) is 77.6 cm³/mol. The number of nitrogens with one attached hydrogen (secondary N) is 2. The van der Waals surface area contributed by atoms with E-state index in [1.165, 1.54) is 17.3 Å². The highest BCUT2D eigenvalue weighted by atomic mass is 16.5. The molecule has 0 saturated carbocycles. The zero-order valence-corrected chi connectivity index (χ0v) is 12.2. The summed E-state index contributed by atoms with van der Waals surface area (Å²) in [4.78, 5) is 26.8. The first-order valence-electron chi connectivity index (χ1n) is 6.73. The molecule has 0 fully saturated rings. The fourth-order valence-electron chi connectivity index (χ4n) is 1.59. The Morgan fingerprint density at radius 2 is 1.91 bits per heavy atom. The molecule has 1 aromatic heterocycles. The second-order valence-corrected chi connectivity index (χ2v) is 4.61. The quantitative estimate of drug-likeness (QED) is 0.743. The zero-order chi connectivity index (χ0) is 15.8. The van der Waals surface area contributed by atoms with Crippen LogP contribution < -0.4 is 15.6 Å². The smallest absolute Gasteiger partial charge is 0.276 e. The summed E-state index contributed by atoms with van der Waals surface area (Å²) < 4.78 is 6.82. The van der Waals surface area contributed by atoms with E-state index in [0.29, 0.717) is 12.3 Å². The van der Waals surface area contributed by atoms with Gasteiger partial charge in [0.25, 0.3) is 5.91 Å². The van der Waals surface area contributed by atoms with Crippen molar-refractivity contribution < 1.29 is 14.3 Å². The van der Waals surface area contributed by atoms with Crippen LogP contribution in [0.15, 0.2) is 36.9 Å². The molecule has 1 aromatic carbocycles. The van der Waals surface area contributed by atoms with Crippen LogP contribution in [0.25, 0.3) is 0 Å². The third-order valence-corrected chi connectivity index (χ3v) is 2.77. The SMILES string of the molecule is Cc1ccc(OCC(=O)NNC(=O)CCn2cncn2)cc1. The molecule has 8 heteroatoms. The number of amides is 2. The molecule has 2 rings (SSSR count). The van der Waals surface area contributed by atoms with Crippen molar-refractivity contribution in [1.82, 2.24) is 25.6 Å². The Morgan fingerprint density at radius 3 is 2.59 bits per heavy atom. The van der Waals surface area contributed by atoms with Crippen LogP contribution in [-0.4, -0.2) is 33.2 Å². The topological polar surface area (TPSA) is 98.1 Å². The van der Waals surface area contributed by atoms with Gasteiger partial charge in [-0.1, -0.05) is 17.7 Å². The van der Waals surface area contributed by atoms with Gasteiger partial charge < -0.3 is 4.74 Å². The van der Waals surface area contributed by atoms with Crippen LogP contribution in [0.4, 0.5) is 0 Å². The summed E-state index contributed by atoms with van der Waals surface area (Å²) in [6, 6.07) is 7.33. The van der Waals surface area contributed by atoms with Crippen molar-refractivity contribution in [3.8, 4) is 5.75 Å². The fourth-order valence-corrected chi connectivity index (χ4v) is 1.59. The lowest BCUT2D eigenvalue weighted by Gasteiger charge is -2.09. The molecule has 0 atom stereocenters. The van der Waals surface area contributed by atoms with E-state index in [-0.39, 0.29) is 18.9 Å². The molecule has 8 nitrogen and oxygen atoms in total. The van der Waals surface area contributed by atoms with E-state index in [9.17, 15) is 9.59 Å². The maximum Gasteiger partial charge on any atom is 0.276 e. The third kappa shape index (κ3) is 5.23. The first-order valence-corrected chi connectivity index (χ1v) is 6.73. The number of hydrogen-bond donors (Lipinski definition) is 2. The number of ether oxygens (including phenoxy) is 1. The molecule has 2 aromatic rings. The van der Waals surface area contributed by atoms with E-state index in [2.05, 4.69) is 20.9 Å². The van der Waals surface area contributed by atoms with Crippen molar-refractivity contribution in [1.29, 1.82) is 0 Å². The number of aryl methyl sites for hydroxylation is 2. The Bertz CT molecular complexity index is 610. The number of rotatable bonds is 6. The molecule has 0 aliphatic rings. The van der Waals surface area contributed by atoms with E-state index >= 15 is 0 Å². The van der Waals surface area contributed by atoms with Gasteiger partial charge in [-0.15, -0.1) is 0 Å². The van der Waals surface area contributed by atoms with Crippen molar-refractivity contribution in [2.45, 2.75) is 19.9 Å². The Hall–Kier alpha value is -2.90. The summed E-state index contributed by atoms with van der Waals surface area (Å²) in [6.45, 7) is 2.18. The van der Waals surface area contributed by atoms with E-state index in [1.54, 1.807) is 12.1 Å². The molecule has 0 spiro atoms. The standard InChI is InChI=1S/C14H17N5O3/c1-11-2-4-12(5-3-11)22-8-14(21)18-17-13(20)6-7-19-10-15-9-16-19/h2-5,9-10H,6-8H2,1H3,(H,17,20)(H,18,21). The zero-order valence-electron chi connectivity index (χ0n) is 12.2. The van der Waals surface area contributed by atoms with E-state index < -0.39 is 5.91 Å². The van der Waals surface area contributed by atoms with Gasteiger partial charge >= 0.3 is 0 Å². The van der Waals surface area contributed by atoms with E-state index in [1.807, 2.05) is 19.1 Å². The molecule has 0 radical (unpaired) electrons. The number of aromatic nitrogens is 3. The lowest BCUT2D eigenvalue weighted by molar-refractivity contribution is -0.130. The van der Waals surface area contributed by atoms with Crippen LogP contribution in [-0.2, 0) is 16.1 Å². The van der Waals surface area contributed by atoms with E-state index in [4.69, 9.17) is 4.74 Å². The largest absolute Gasteiger partial charge is 0.484 e. The molecule has 2 N–H and O–H groups in total. The summed E-state index contributed by atoms with van der Waals surface area (Å²) in [7, 11) is 0. The number of benzene rings is 1. The van der Waals surface area contributed by atoms with Gasteiger partial charge in [0.2, 0.25) is 5.91 Å². The normalized spacial score (nSPS) is 10.0.